The molecule has 2 aromatic rings. The number of ether oxygens (including phenoxy) is 1. The van der Waals surface area contributed by atoms with Gasteiger partial charge in [0.15, 0.2) is 0 Å². The number of hydrogen-bond donors (Lipinski definition) is 1. The van der Waals surface area contributed by atoms with Gasteiger partial charge in [-0.05, 0) is 36.8 Å². The van der Waals surface area contributed by atoms with Crippen LogP contribution < -0.4 is 10.1 Å². The number of nitro benzene ring substituents is 1. The molecule has 2 rings (SSSR count). The van der Waals surface area contributed by atoms with Gasteiger partial charge in [-0.2, -0.15) is 5.26 Å². The summed E-state index contributed by atoms with van der Waals surface area (Å²) >= 11 is 5.76. The number of nitro groups is 1. The van der Waals surface area contributed by atoms with Crippen molar-refractivity contribution < 1.29 is 14.5 Å². The first-order chi connectivity index (χ1) is 12.5. The van der Waals surface area contributed by atoms with Crippen molar-refractivity contribution in [2.24, 2.45) is 0 Å². The molecule has 0 unspecified atom stereocenters. The van der Waals surface area contributed by atoms with Gasteiger partial charge in [0.2, 0.25) is 0 Å². The van der Waals surface area contributed by atoms with Gasteiger partial charge < -0.3 is 10.1 Å². The minimum atomic E-state index is -0.655. The molecule has 0 saturated carbocycles. The van der Waals surface area contributed by atoms with Crippen LogP contribution in [-0.2, 0) is 4.79 Å². The molecule has 0 aliphatic heterocycles. The summed E-state index contributed by atoms with van der Waals surface area (Å²) in [6.45, 7) is 2.23. The maximum atomic E-state index is 12.4. The van der Waals surface area contributed by atoms with E-state index >= 15 is 0 Å². The standard InChI is InChI=1S/C18H14ClN3O4/c1-2-26-17-6-4-3-5-15(17)21-18(23)13(11-20)9-12-7-8-14(19)16(10-12)22(24)25/h3-10H,2H2,1H3,(H,21,23)/b13-9+. The van der Waals surface area contributed by atoms with Crippen LogP contribution in [0.5, 0.6) is 5.75 Å². The molecule has 7 nitrogen and oxygen atoms in total. The molecule has 0 aromatic heterocycles. The summed E-state index contributed by atoms with van der Waals surface area (Å²) < 4.78 is 5.42. The van der Waals surface area contributed by atoms with Crippen LogP contribution in [0.4, 0.5) is 11.4 Å². The fourth-order valence-corrected chi connectivity index (χ4v) is 2.30. The zero-order valence-electron chi connectivity index (χ0n) is 13.7. The Morgan fingerprint density at radius 3 is 2.77 bits per heavy atom. The van der Waals surface area contributed by atoms with E-state index in [0.717, 1.165) is 0 Å². The maximum absolute atomic E-state index is 12.4. The third-order valence-electron chi connectivity index (χ3n) is 3.28. The number of nitriles is 1. The van der Waals surface area contributed by atoms with E-state index in [0.29, 0.717) is 23.6 Å². The van der Waals surface area contributed by atoms with Gasteiger partial charge in [0, 0.05) is 6.07 Å². The average Bonchev–Trinajstić information content (AvgIpc) is 2.62. The Balaban J connectivity index is 2.30. The molecule has 0 aliphatic rings. The first kappa shape index (κ1) is 19.0. The molecule has 0 bridgehead atoms. The number of carbonyl (C=O) groups excluding carboxylic acids is 1. The van der Waals surface area contributed by atoms with Gasteiger partial charge in [-0.25, -0.2) is 0 Å². The highest BCUT2D eigenvalue weighted by atomic mass is 35.5. The molecule has 0 heterocycles. The van der Waals surface area contributed by atoms with Crippen molar-refractivity contribution in [2.45, 2.75) is 6.92 Å². The van der Waals surface area contributed by atoms with Crippen molar-refractivity contribution in [1.82, 2.24) is 0 Å². The van der Waals surface area contributed by atoms with Crippen molar-refractivity contribution in [2.75, 3.05) is 11.9 Å². The second-order valence-electron chi connectivity index (χ2n) is 5.02. The third-order valence-corrected chi connectivity index (χ3v) is 3.60. The predicted octanol–water partition coefficient (Wildman–Crippen LogP) is 4.19. The summed E-state index contributed by atoms with van der Waals surface area (Å²) in [6, 6.07) is 12.6. The predicted molar refractivity (Wildman–Crippen MR) is 97.9 cm³/mol. The van der Waals surface area contributed by atoms with E-state index in [9.17, 15) is 20.2 Å². The lowest BCUT2D eigenvalue weighted by atomic mass is 10.1. The zero-order chi connectivity index (χ0) is 19.1. The number of amides is 1. The number of hydrogen-bond acceptors (Lipinski definition) is 5. The number of nitrogens with zero attached hydrogens (tertiary/aromatic N) is 2. The van der Waals surface area contributed by atoms with Crippen molar-refractivity contribution in [3.05, 3.63) is 68.7 Å². The molecule has 26 heavy (non-hydrogen) atoms. The minimum Gasteiger partial charge on any atom is -0.492 e. The SMILES string of the molecule is CCOc1ccccc1NC(=O)/C(C#N)=C/c1ccc(Cl)c([N+](=O)[O-])c1. The number of halogens is 1. The molecule has 1 N–H and O–H groups in total. The molecule has 0 radical (unpaired) electrons. The van der Waals surface area contributed by atoms with E-state index in [2.05, 4.69) is 5.32 Å². The Morgan fingerprint density at radius 1 is 1.38 bits per heavy atom. The summed E-state index contributed by atoms with van der Waals surface area (Å²) in [7, 11) is 0. The van der Waals surface area contributed by atoms with Crippen LogP contribution >= 0.6 is 11.6 Å². The fraction of sp³-hybridized carbons (Fsp3) is 0.111. The van der Waals surface area contributed by atoms with Gasteiger partial charge in [-0.3, -0.25) is 14.9 Å². The second-order valence-corrected chi connectivity index (χ2v) is 5.43. The van der Waals surface area contributed by atoms with Crippen LogP contribution in [0, 0.1) is 21.4 Å². The molecule has 0 spiro atoms. The topological polar surface area (TPSA) is 105 Å². The second kappa shape index (κ2) is 8.65. The lowest BCUT2D eigenvalue weighted by molar-refractivity contribution is -0.384. The Bertz CT molecular complexity index is 919. The van der Waals surface area contributed by atoms with E-state index in [4.69, 9.17) is 16.3 Å². The van der Waals surface area contributed by atoms with E-state index in [1.807, 2.05) is 6.92 Å². The van der Waals surface area contributed by atoms with Crippen LogP contribution in [0.3, 0.4) is 0 Å². The maximum Gasteiger partial charge on any atom is 0.288 e. The molecule has 132 valence electrons. The van der Waals surface area contributed by atoms with Crippen molar-refractivity contribution in [1.29, 1.82) is 5.26 Å². The highest BCUT2D eigenvalue weighted by molar-refractivity contribution is 6.32. The average molecular weight is 372 g/mol. The van der Waals surface area contributed by atoms with Gasteiger partial charge >= 0.3 is 0 Å². The Morgan fingerprint density at radius 2 is 2.12 bits per heavy atom. The Kier molecular flexibility index (Phi) is 6.31. The van der Waals surface area contributed by atoms with E-state index in [-0.39, 0.29) is 16.3 Å². The number of carbonyl (C=O) groups is 1. The number of anilines is 1. The summed E-state index contributed by atoms with van der Waals surface area (Å²) in [4.78, 5) is 22.7. The highest BCUT2D eigenvalue weighted by Gasteiger charge is 2.15. The van der Waals surface area contributed by atoms with Gasteiger partial charge in [-0.1, -0.05) is 29.8 Å². The van der Waals surface area contributed by atoms with Crippen LogP contribution in [0.15, 0.2) is 48.0 Å². The van der Waals surface area contributed by atoms with E-state index in [1.165, 1.54) is 24.3 Å². The van der Waals surface area contributed by atoms with Crippen LogP contribution in [0.2, 0.25) is 5.02 Å². The van der Waals surface area contributed by atoms with Gasteiger partial charge in [-0.15, -0.1) is 0 Å². The van der Waals surface area contributed by atoms with Gasteiger partial charge in [0.05, 0.1) is 17.2 Å². The van der Waals surface area contributed by atoms with Crippen molar-refractivity contribution >= 4 is 35.0 Å². The molecule has 0 atom stereocenters. The number of rotatable bonds is 6. The van der Waals surface area contributed by atoms with Crippen molar-refractivity contribution in [3.8, 4) is 11.8 Å². The lowest BCUT2D eigenvalue weighted by Crippen LogP contribution is -2.14. The Labute approximate surface area is 154 Å². The highest BCUT2D eigenvalue weighted by Crippen LogP contribution is 2.27. The summed E-state index contributed by atoms with van der Waals surface area (Å²) in [5.74, 6) is -0.181. The summed E-state index contributed by atoms with van der Waals surface area (Å²) in [5.41, 5.74) is 0.209. The van der Waals surface area contributed by atoms with Gasteiger partial charge in [0.25, 0.3) is 11.6 Å². The zero-order valence-corrected chi connectivity index (χ0v) is 14.5. The quantitative estimate of drug-likeness (QED) is 0.354. The molecule has 0 aliphatic carbocycles. The molecular weight excluding hydrogens is 358 g/mol. The van der Waals surface area contributed by atoms with Crippen LogP contribution in [0.1, 0.15) is 12.5 Å². The molecule has 8 heteroatoms. The smallest absolute Gasteiger partial charge is 0.288 e. The molecular formula is C18H14ClN3O4. The van der Waals surface area contributed by atoms with E-state index in [1.54, 1.807) is 30.3 Å². The fourth-order valence-electron chi connectivity index (χ4n) is 2.12. The third kappa shape index (κ3) is 4.59. The largest absolute Gasteiger partial charge is 0.492 e. The first-order valence-corrected chi connectivity index (χ1v) is 7.93. The molecule has 1 amide bonds. The van der Waals surface area contributed by atoms with Gasteiger partial charge in [0.1, 0.15) is 22.4 Å². The van der Waals surface area contributed by atoms with Crippen LogP contribution in [-0.4, -0.2) is 17.4 Å². The first-order valence-electron chi connectivity index (χ1n) is 7.55. The number of benzene rings is 2. The molecule has 0 fully saturated rings. The monoisotopic (exact) mass is 371 g/mol. The molecule has 0 saturated heterocycles. The van der Waals surface area contributed by atoms with E-state index < -0.39 is 10.8 Å². The normalized spacial score (nSPS) is 10.7. The lowest BCUT2D eigenvalue weighted by Gasteiger charge is -2.10. The van der Waals surface area contributed by atoms with Crippen molar-refractivity contribution in [3.63, 3.8) is 0 Å². The number of para-hydroxylation sites is 2. The number of nitrogens with one attached hydrogen (secondary N) is 1. The summed E-state index contributed by atoms with van der Waals surface area (Å²) in [6.07, 6.45) is 1.25. The molecule has 2 aromatic carbocycles. The van der Waals surface area contributed by atoms with Crippen LogP contribution in [0.25, 0.3) is 6.08 Å². The Hall–Kier alpha value is -3.37. The minimum absolute atomic E-state index is 0.0271. The summed E-state index contributed by atoms with van der Waals surface area (Å²) in [5, 5.41) is 22.8.